The van der Waals surface area contributed by atoms with Crippen molar-refractivity contribution in [2.45, 2.75) is 19.9 Å². The molecule has 17 heavy (non-hydrogen) atoms. The highest BCUT2D eigenvalue weighted by atomic mass is 16.6. The second-order valence-electron chi connectivity index (χ2n) is 3.99. The monoisotopic (exact) mass is 234 g/mol. The Labute approximate surface area is 99.3 Å². The van der Waals surface area contributed by atoms with E-state index in [4.69, 9.17) is 4.74 Å². The summed E-state index contributed by atoms with van der Waals surface area (Å²) in [5, 5.41) is 1.24. The van der Waals surface area contributed by atoms with E-state index in [2.05, 4.69) is 5.43 Å². The van der Waals surface area contributed by atoms with E-state index in [9.17, 15) is 9.59 Å². The lowest BCUT2D eigenvalue weighted by molar-refractivity contribution is -0.123. The van der Waals surface area contributed by atoms with Gasteiger partial charge < -0.3 is 4.74 Å². The fraction of sp³-hybridized carbons (Fsp3) is 0.333. The number of cyclic esters (lactones) is 1. The summed E-state index contributed by atoms with van der Waals surface area (Å²) in [5.41, 5.74) is 4.53. The second kappa shape index (κ2) is 4.45. The number of hydrogen-bond acceptors (Lipinski definition) is 3. The molecular weight excluding hydrogens is 220 g/mol. The maximum atomic E-state index is 11.5. The van der Waals surface area contributed by atoms with Crippen LogP contribution in [0.2, 0.25) is 0 Å². The number of carbonyl (C=O) groups is 2. The smallest absolute Gasteiger partial charge is 0.429 e. The molecule has 1 aromatic rings. The van der Waals surface area contributed by atoms with E-state index in [1.54, 1.807) is 0 Å². The van der Waals surface area contributed by atoms with Crippen LogP contribution < -0.4 is 5.43 Å². The SMILES string of the molecule is CC(=O)NN1C(=O)OCC1c1ccccc1C. The Morgan fingerprint density at radius 1 is 1.47 bits per heavy atom. The predicted octanol–water partition coefficient (Wildman–Crippen LogP) is 1.54. The molecule has 2 rings (SSSR count). The van der Waals surface area contributed by atoms with Crippen molar-refractivity contribution >= 4 is 12.0 Å². The molecule has 1 fully saturated rings. The van der Waals surface area contributed by atoms with Gasteiger partial charge in [-0.15, -0.1) is 0 Å². The lowest BCUT2D eigenvalue weighted by Crippen LogP contribution is -2.43. The van der Waals surface area contributed by atoms with E-state index in [1.165, 1.54) is 11.9 Å². The molecule has 1 N–H and O–H groups in total. The molecule has 5 nitrogen and oxygen atoms in total. The van der Waals surface area contributed by atoms with Crippen LogP contribution in [0, 0.1) is 6.92 Å². The van der Waals surface area contributed by atoms with Crippen LogP contribution in [0.25, 0.3) is 0 Å². The molecule has 5 heteroatoms. The zero-order valence-corrected chi connectivity index (χ0v) is 9.77. The van der Waals surface area contributed by atoms with Crippen molar-refractivity contribution in [3.8, 4) is 0 Å². The van der Waals surface area contributed by atoms with E-state index < -0.39 is 6.09 Å². The molecule has 1 heterocycles. The number of rotatable bonds is 2. The lowest BCUT2D eigenvalue weighted by Gasteiger charge is -2.22. The molecule has 0 saturated carbocycles. The molecule has 90 valence electrons. The van der Waals surface area contributed by atoms with E-state index in [1.807, 2.05) is 31.2 Å². The Morgan fingerprint density at radius 3 is 2.82 bits per heavy atom. The van der Waals surface area contributed by atoms with Gasteiger partial charge in [-0.25, -0.2) is 9.80 Å². The quantitative estimate of drug-likeness (QED) is 0.844. The molecule has 0 bridgehead atoms. The summed E-state index contributed by atoms with van der Waals surface area (Å²) in [7, 11) is 0. The summed E-state index contributed by atoms with van der Waals surface area (Å²) in [6.45, 7) is 3.58. The Morgan fingerprint density at radius 2 is 2.18 bits per heavy atom. The summed E-state index contributed by atoms with van der Waals surface area (Å²) < 4.78 is 4.96. The highest BCUT2D eigenvalue weighted by molar-refractivity contribution is 5.78. The first-order valence-corrected chi connectivity index (χ1v) is 5.38. The molecule has 1 aliphatic rings. The minimum absolute atomic E-state index is 0.254. The molecule has 1 unspecified atom stereocenters. The van der Waals surface area contributed by atoms with Gasteiger partial charge in [-0.05, 0) is 18.1 Å². The first-order valence-electron chi connectivity index (χ1n) is 5.38. The van der Waals surface area contributed by atoms with E-state index in [-0.39, 0.29) is 18.6 Å². The zero-order chi connectivity index (χ0) is 12.4. The van der Waals surface area contributed by atoms with E-state index in [0.29, 0.717) is 0 Å². The number of carbonyl (C=O) groups excluding carboxylic acids is 2. The van der Waals surface area contributed by atoms with Gasteiger partial charge in [0, 0.05) is 6.92 Å². The van der Waals surface area contributed by atoms with Gasteiger partial charge in [0.2, 0.25) is 5.91 Å². The first-order chi connectivity index (χ1) is 8.09. The summed E-state index contributed by atoms with van der Waals surface area (Å²) >= 11 is 0. The van der Waals surface area contributed by atoms with Crippen LogP contribution in [0.15, 0.2) is 24.3 Å². The Balaban J connectivity index is 2.28. The van der Waals surface area contributed by atoms with Gasteiger partial charge in [0.25, 0.3) is 0 Å². The largest absolute Gasteiger partial charge is 0.446 e. The molecule has 0 aromatic heterocycles. The van der Waals surface area contributed by atoms with Gasteiger partial charge in [0.15, 0.2) is 0 Å². The van der Waals surface area contributed by atoms with Gasteiger partial charge in [0.05, 0.1) is 0 Å². The minimum atomic E-state index is -0.520. The topological polar surface area (TPSA) is 58.6 Å². The number of nitrogens with zero attached hydrogens (tertiary/aromatic N) is 1. The summed E-state index contributed by atoms with van der Waals surface area (Å²) in [6, 6.07) is 7.46. The third kappa shape index (κ3) is 2.22. The molecule has 1 atom stereocenters. The van der Waals surface area contributed by atoms with Gasteiger partial charge in [-0.2, -0.15) is 0 Å². The van der Waals surface area contributed by atoms with Gasteiger partial charge in [-0.3, -0.25) is 10.2 Å². The molecule has 0 spiro atoms. The number of nitrogens with one attached hydrogen (secondary N) is 1. The molecule has 1 aromatic carbocycles. The average Bonchev–Trinajstić information content (AvgIpc) is 2.61. The lowest BCUT2D eigenvalue weighted by atomic mass is 10.0. The number of hydrogen-bond donors (Lipinski definition) is 1. The minimum Gasteiger partial charge on any atom is -0.446 e. The normalized spacial score (nSPS) is 19.1. The molecule has 2 amide bonds. The third-order valence-electron chi connectivity index (χ3n) is 2.70. The van der Waals surface area contributed by atoms with Crippen LogP contribution in [-0.2, 0) is 9.53 Å². The van der Waals surface area contributed by atoms with Crippen LogP contribution >= 0.6 is 0 Å². The van der Waals surface area contributed by atoms with E-state index >= 15 is 0 Å². The summed E-state index contributed by atoms with van der Waals surface area (Å²) in [4.78, 5) is 22.5. The maximum Gasteiger partial charge on any atom is 0.429 e. The van der Waals surface area contributed by atoms with Crippen molar-refractivity contribution in [3.63, 3.8) is 0 Å². The zero-order valence-electron chi connectivity index (χ0n) is 9.77. The Hall–Kier alpha value is -2.04. The highest BCUT2D eigenvalue weighted by Crippen LogP contribution is 2.27. The molecule has 1 aliphatic heterocycles. The highest BCUT2D eigenvalue weighted by Gasteiger charge is 2.35. The number of amides is 2. The summed E-state index contributed by atoms with van der Waals surface area (Å²) in [5.74, 6) is -0.289. The average molecular weight is 234 g/mol. The fourth-order valence-corrected chi connectivity index (χ4v) is 1.90. The number of benzene rings is 1. The van der Waals surface area contributed by atoms with Crippen LogP contribution in [0.4, 0.5) is 4.79 Å². The first kappa shape index (κ1) is 11.4. The molecule has 0 radical (unpaired) electrons. The van der Waals surface area contributed by atoms with Crippen LogP contribution in [-0.4, -0.2) is 23.6 Å². The number of hydrazine groups is 1. The standard InChI is InChI=1S/C12H14N2O3/c1-8-5-3-4-6-10(8)11-7-17-12(16)14(11)13-9(2)15/h3-6,11H,7H2,1-2H3,(H,13,15). The molecule has 0 aliphatic carbocycles. The van der Waals surface area contributed by atoms with Crippen LogP contribution in [0.5, 0.6) is 0 Å². The number of aryl methyl sites for hydroxylation is 1. The molecular formula is C12H14N2O3. The van der Waals surface area contributed by atoms with Crippen molar-refractivity contribution in [1.82, 2.24) is 10.4 Å². The van der Waals surface area contributed by atoms with Gasteiger partial charge in [0.1, 0.15) is 12.6 Å². The van der Waals surface area contributed by atoms with Gasteiger partial charge in [-0.1, -0.05) is 24.3 Å². The predicted molar refractivity (Wildman–Crippen MR) is 60.9 cm³/mol. The van der Waals surface area contributed by atoms with Crippen molar-refractivity contribution in [2.75, 3.05) is 6.61 Å². The second-order valence-corrected chi connectivity index (χ2v) is 3.99. The Kier molecular flexibility index (Phi) is 2.99. The van der Waals surface area contributed by atoms with E-state index in [0.717, 1.165) is 11.1 Å². The van der Waals surface area contributed by atoms with Crippen LogP contribution in [0.3, 0.4) is 0 Å². The van der Waals surface area contributed by atoms with Gasteiger partial charge >= 0.3 is 6.09 Å². The van der Waals surface area contributed by atoms with Crippen molar-refractivity contribution < 1.29 is 14.3 Å². The Bertz CT molecular complexity index is 459. The number of ether oxygens (including phenoxy) is 1. The molecule has 1 saturated heterocycles. The fourth-order valence-electron chi connectivity index (χ4n) is 1.90. The third-order valence-corrected chi connectivity index (χ3v) is 2.70. The van der Waals surface area contributed by atoms with Crippen LogP contribution in [0.1, 0.15) is 24.1 Å². The van der Waals surface area contributed by atoms with Crippen molar-refractivity contribution in [3.05, 3.63) is 35.4 Å². The maximum absolute atomic E-state index is 11.5. The van der Waals surface area contributed by atoms with Crippen molar-refractivity contribution in [2.24, 2.45) is 0 Å². The van der Waals surface area contributed by atoms with Crippen molar-refractivity contribution in [1.29, 1.82) is 0 Å². The summed E-state index contributed by atoms with van der Waals surface area (Å²) in [6.07, 6.45) is -0.520.